The van der Waals surface area contributed by atoms with Crippen molar-refractivity contribution in [2.45, 2.75) is 25.4 Å². The summed E-state index contributed by atoms with van der Waals surface area (Å²) in [6, 6.07) is 6.80. The molecule has 7 heteroatoms. The minimum absolute atomic E-state index is 0.000412. The number of ether oxygens (including phenoxy) is 1. The predicted molar refractivity (Wildman–Crippen MR) is 85.8 cm³/mol. The summed E-state index contributed by atoms with van der Waals surface area (Å²) < 4.78 is 5.56. The molecule has 1 fully saturated rings. The van der Waals surface area contributed by atoms with E-state index in [0.29, 0.717) is 16.9 Å². The van der Waals surface area contributed by atoms with E-state index in [0.717, 1.165) is 24.5 Å². The number of carboxylic acids is 1. The zero-order valence-corrected chi connectivity index (χ0v) is 13.1. The van der Waals surface area contributed by atoms with E-state index in [-0.39, 0.29) is 18.4 Å². The number of carbonyl (C=O) groups is 2. The number of hydrogen-bond acceptors (Lipinski definition) is 5. The molecule has 1 atom stereocenters. The monoisotopic (exact) mass is 332 g/mol. The van der Waals surface area contributed by atoms with E-state index in [1.165, 1.54) is 11.3 Å². The summed E-state index contributed by atoms with van der Waals surface area (Å²) in [4.78, 5) is 27.3. The number of rotatable bonds is 5. The van der Waals surface area contributed by atoms with Gasteiger partial charge in [0, 0.05) is 17.7 Å². The van der Waals surface area contributed by atoms with Crippen LogP contribution in [0.5, 0.6) is 0 Å². The highest BCUT2D eigenvalue weighted by Crippen LogP contribution is 2.30. The molecule has 1 aliphatic heterocycles. The molecule has 2 N–H and O–H groups in total. The molecule has 120 valence electrons. The Kier molecular flexibility index (Phi) is 4.68. The number of hydrogen-bond donors (Lipinski definition) is 2. The molecule has 1 amide bonds. The topological polar surface area (TPSA) is 88.5 Å². The summed E-state index contributed by atoms with van der Waals surface area (Å²) in [7, 11) is 0. The van der Waals surface area contributed by atoms with E-state index in [1.54, 1.807) is 29.6 Å². The average molecular weight is 332 g/mol. The second-order valence-corrected chi connectivity index (χ2v) is 6.19. The van der Waals surface area contributed by atoms with Gasteiger partial charge in [-0.1, -0.05) is 12.1 Å². The lowest BCUT2D eigenvalue weighted by Crippen LogP contribution is -2.13. The summed E-state index contributed by atoms with van der Waals surface area (Å²) in [5.41, 5.74) is 1.54. The van der Waals surface area contributed by atoms with Gasteiger partial charge in [-0.15, -0.1) is 11.3 Å². The molecule has 2 aromatic rings. The van der Waals surface area contributed by atoms with E-state index >= 15 is 0 Å². The second-order valence-electron chi connectivity index (χ2n) is 5.30. The molecule has 0 saturated carbocycles. The fourth-order valence-corrected chi connectivity index (χ4v) is 3.32. The van der Waals surface area contributed by atoms with Crippen molar-refractivity contribution in [3.05, 3.63) is 45.9 Å². The van der Waals surface area contributed by atoms with Crippen molar-refractivity contribution in [3.8, 4) is 0 Å². The van der Waals surface area contributed by atoms with Crippen LogP contribution in [0.2, 0.25) is 0 Å². The van der Waals surface area contributed by atoms with Crippen LogP contribution in [0.25, 0.3) is 0 Å². The van der Waals surface area contributed by atoms with Gasteiger partial charge in [0.05, 0.1) is 6.42 Å². The number of carbonyl (C=O) groups excluding carboxylic acids is 1. The zero-order valence-electron chi connectivity index (χ0n) is 12.3. The van der Waals surface area contributed by atoms with Crippen molar-refractivity contribution >= 4 is 28.9 Å². The molecule has 1 unspecified atom stereocenters. The lowest BCUT2D eigenvalue weighted by atomic mass is 10.1. The highest BCUT2D eigenvalue weighted by atomic mass is 32.1. The Bertz CT molecular complexity index is 722. The number of aliphatic carboxylic acids is 1. The third-order valence-corrected chi connectivity index (χ3v) is 4.44. The summed E-state index contributed by atoms with van der Waals surface area (Å²) in [5, 5.41) is 14.1. The number of anilines is 1. The average Bonchev–Trinajstić information content (AvgIpc) is 3.18. The van der Waals surface area contributed by atoms with Crippen molar-refractivity contribution in [3.63, 3.8) is 0 Å². The fraction of sp³-hybridized carbons (Fsp3) is 0.312. The van der Waals surface area contributed by atoms with E-state index < -0.39 is 5.97 Å². The second kappa shape index (κ2) is 6.89. The third kappa shape index (κ3) is 3.94. The summed E-state index contributed by atoms with van der Waals surface area (Å²) >= 11 is 1.42. The molecule has 1 aliphatic rings. The Hall–Kier alpha value is -2.25. The van der Waals surface area contributed by atoms with Gasteiger partial charge < -0.3 is 15.2 Å². The van der Waals surface area contributed by atoms with Crippen LogP contribution in [-0.4, -0.2) is 28.6 Å². The highest BCUT2D eigenvalue weighted by molar-refractivity contribution is 7.09. The first-order valence-electron chi connectivity index (χ1n) is 7.31. The normalized spacial score (nSPS) is 17.1. The minimum atomic E-state index is -0.908. The number of nitrogens with zero attached hydrogens (tertiary/aromatic N) is 1. The van der Waals surface area contributed by atoms with Gasteiger partial charge in [0.25, 0.3) is 5.91 Å². The first-order chi connectivity index (χ1) is 11.1. The Morgan fingerprint density at radius 3 is 3.04 bits per heavy atom. The lowest BCUT2D eigenvalue weighted by molar-refractivity contribution is -0.136. The molecule has 6 nitrogen and oxygen atoms in total. The van der Waals surface area contributed by atoms with Crippen molar-refractivity contribution in [2.24, 2.45) is 0 Å². The smallest absolute Gasteiger partial charge is 0.307 e. The van der Waals surface area contributed by atoms with Gasteiger partial charge in [0.1, 0.15) is 16.8 Å². The van der Waals surface area contributed by atoms with Crippen molar-refractivity contribution in [1.82, 2.24) is 4.98 Å². The van der Waals surface area contributed by atoms with Crippen LogP contribution in [0.3, 0.4) is 0 Å². The molecule has 0 bridgehead atoms. The van der Waals surface area contributed by atoms with E-state index in [1.807, 2.05) is 0 Å². The Labute approximate surface area is 137 Å². The van der Waals surface area contributed by atoms with Gasteiger partial charge in [-0.05, 0) is 30.5 Å². The lowest BCUT2D eigenvalue weighted by Gasteiger charge is -2.06. The maximum absolute atomic E-state index is 12.3. The van der Waals surface area contributed by atoms with E-state index in [9.17, 15) is 9.59 Å². The van der Waals surface area contributed by atoms with Crippen LogP contribution in [-0.2, 0) is 16.0 Å². The van der Waals surface area contributed by atoms with Gasteiger partial charge in [0.15, 0.2) is 0 Å². The third-order valence-electron chi connectivity index (χ3n) is 3.50. The molecular weight excluding hydrogens is 316 g/mol. The van der Waals surface area contributed by atoms with Gasteiger partial charge in [-0.2, -0.15) is 0 Å². The Morgan fingerprint density at radius 1 is 1.43 bits per heavy atom. The number of amides is 1. The Morgan fingerprint density at radius 2 is 2.30 bits per heavy atom. The van der Waals surface area contributed by atoms with E-state index in [4.69, 9.17) is 9.84 Å². The van der Waals surface area contributed by atoms with E-state index in [2.05, 4.69) is 10.3 Å². The van der Waals surface area contributed by atoms with Crippen molar-refractivity contribution < 1.29 is 19.4 Å². The highest BCUT2D eigenvalue weighted by Gasteiger charge is 2.22. The molecule has 0 aliphatic carbocycles. The maximum atomic E-state index is 12.3. The quantitative estimate of drug-likeness (QED) is 0.879. The van der Waals surface area contributed by atoms with Crippen LogP contribution < -0.4 is 5.32 Å². The fourth-order valence-electron chi connectivity index (χ4n) is 2.44. The van der Waals surface area contributed by atoms with Gasteiger partial charge >= 0.3 is 5.97 Å². The van der Waals surface area contributed by atoms with Crippen LogP contribution in [0.1, 0.15) is 40.0 Å². The number of thiazole rings is 1. The number of aromatic nitrogens is 1. The molecule has 2 heterocycles. The SMILES string of the molecule is O=C(O)Cc1cccc(NC(=O)c2csc(C3CCCO3)n2)c1. The first-order valence-corrected chi connectivity index (χ1v) is 8.19. The van der Waals surface area contributed by atoms with Gasteiger partial charge in [-0.3, -0.25) is 9.59 Å². The molecule has 1 saturated heterocycles. The number of benzene rings is 1. The standard InChI is InChI=1S/C16H16N2O4S/c19-14(20)8-10-3-1-4-11(7-10)17-15(21)12-9-23-16(18-12)13-5-2-6-22-13/h1,3-4,7,9,13H,2,5-6,8H2,(H,17,21)(H,19,20). The maximum Gasteiger partial charge on any atom is 0.307 e. The molecule has 1 aromatic carbocycles. The van der Waals surface area contributed by atoms with Gasteiger partial charge in [0.2, 0.25) is 0 Å². The molecule has 23 heavy (non-hydrogen) atoms. The predicted octanol–water partition coefficient (Wildman–Crippen LogP) is 2.87. The van der Waals surface area contributed by atoms with Crippen molar-refractivity contribution in [1.29, 1.82) is 0 Å². The molecule has 1 aromatic heterocycles. The summed E-state index contributed by atoms with van der Waals surface area (Å²) in [5.74, 6) is -1.22. The zero-order chi connectivity index (χ0) is 16.2. The van der Waals surface area contributed by atoms with Crippen LogP contribution >= 0.6 is 11.3 Å². The number of carboxylic acid groups (broad SMARTS) is 1. The molecule has 0 radical (unpaired) electrons. The summed E-state index contributed by atoms with van der Waals surface area (Å²) in [6.45, 7) is 0.738. The van der Waals surface area contributed by atoms with Crippen molar-refractivity contribution in [2.75, 3.05) is 11.9 Å². The van der Waals surface area contributed by atoms with Crippen LogP contribution in [0, 0.1) is 0 Å². The molecule has 0 spiro atoms. The van der Waals surface area contributed by atoms with Crippen LogP contribution in [0.15, 0.2) is 29.6 Å². The molecule has 3 rings (SSSR count). The largest absolute Gasteiger partial charge is 0.481 e. The Balaban J connectivity index is 1.68. The number of nitrogens with one attached hydrogen (secondary N) is 1. The van der Waals surface area contributed by atoms with Crippen LogP contribution in [0.4, 0.5) is 5.69 Å². The summed E-state index contributed by atoms with van der Waals surface area (Å²) in [6.07, 6.45) is 1.87. The minimum Gasteiger partial charge on any atom is -0.481 e. The first kappa shape index (κ1) is 15.6. The van der Waals surface area contributed by atoms with Gasteiger partial charge in [-0.25, -0.2) is 4.98 Å². The molecular formula is C16H16N2O4S.